The highest BCUT2D eigenvalue weighted by Crippen LogP contribution is 2.17. The molecule has 2 N–H and O–H groups in total. The first-order valence-corrected chi connectivity index (χ1v) is 16.5. The third kappa shape index (κ3) is 26.2. The molecule has 0 bridgehead atoms. The molecule has 3 atom stereocenters. The Hall–Kier alpha value is -1.22. The molecule has 3 unspecified atom stereocenters. The highest BCUT2D eigenvalue weighted by Gasteiger charge is 2.17. The Morgan fingerprint density at radius 3 is 1.54 bits per heavy atom. The van der Waals surface area contributed by atoms with E-state index >= 15 is 0 Å². The van der Waals surface area contributed by atoms with Crippen LogP contribution >= 0.6 is 0 Å². The Bertz CT molecular complexity index is 582. The van der Waals surface area contributed by atoms with E-state index in [1.165, 1.54) is 20.0 Å². The molecule has 0 saturated carbocycles. The normalized spacial score (nSPS) is 13.6. The van der Waals surface area contributed by atoms with Crippen molar-refractivity contribution in [3.63, 3.8) is 0 Å². The Kier molecular flexibility index (Phi) is 29.3. The smallest absolute Gasteiger partial charge is 0.305 e. The van der Waals surface area contributed by atoms with Crippen molar-refractivity contribution in [2.24, 2.45) is 0 Å². The van der Waals surface area contributed by atoms with Crippen LogP contribution in [0, 0.1) is 0 Å². The lowest BCUT2D eigenvalue weighted by atomic mass is 9.99. The predicted molar refractivity (Wildman–Crippen MR) is 164 cm³/mol. The zero-order valence-corrected chi connectivity index (χ0v) is 26.8. The second-order valence-electron chi connectivity index (χ2n) is 11.4. The number of aliphatic hydroxyl groups excluding tert-OH is 2. The molecule has 0 heterocycles. The number of methoxy groups -OCH3 is 3. The number of hydrogen-bond donors (Lipinski definition) is 2. The molecule has 0 aliphatic heterocycles. The molecule has 244 valence electrons. The van der Waals surface area contributed by atoms with Crippen LogP contribution in [-0.4, -0.2) is 75.0 Å². The van der Waals surface area contributed by atoms with Gasteiger partial charge in [-0.25, -0.2) is 0 Å². The van der Waals surface area contributed by atoms with Crippen LogP contribution in [0.3, 0.4) is 0 Å². The topological polar surface area (TPSA) is 112 Å². The maximum absolute atomic E-state index is 11.9. The van der Waals surface area contributed by atoms with Gasteiger partial charge in [-0.3, -0.25) is 9.59 Å². The first-order chi connectivity index (χ1) is 20.0. The fourth-order valence-corrected chi connectivity index (χ4v) is 5.13. The van der Waals surface area contributed by atoms with Gasteiger partial charge in [0, 0.05) is 27.1 Å². The minimum atomic E-state index is -0.402. The molecule has 0 amide bonds. The Labute approximate surface area is 251 Å². The minimum absolute atomic E-state index is 0.0328. The molecule has 8 nitrogen and oxygen atoms in total. The number of unbranched alkanes of at least 4 members (excludes halogenated alkanes) is 15. The van der Waals surface area contributed by atoms with Crippen LogP contribution in [0.2, 0.25) is 0 Å². The van der Waals surface area contributed by atoms with Gasteiger partial charge in [-0.1, -0.05) is 96.3 Å². The second kappa shape index (κ2) is 30.2. The summed E-state index contributed by atoms with van der Waals surface area (Å²) < 4.78 is 20.7. The average molecular weight is 589 g/mol. The molecule has 8 heteroatoms. The van der Waals surface area contributed by atoms with Gasteiger partial charge in [0.2, 0.25) is 0 Å². The Balaban J connectivity index is 3.49. The minimum Gasteiger partial charge on any atom is -0.469 e. The quantitative estimate of drug-likeness (QED) is 0.0654. The van der Waals surface area contributed by atoms with E-state index in [0.29, 0.717) is 19.4 Å². The standard InChI is InChI=1S/C33H64O8/c1-38-29(28-34)22-16-10-6-7-13-20-26-33(37)41-27-21-15-8-4-5-11-17-23-30(35)31(39-2)24-18-12-9-14-19-25-32(36)40-3/h29-31,34-35H,4-28H2,1-3H3. The monoisotopic (exact) mass is 588 g/mol. The van der Waals surface area contributed by atoms with Crippen LogP contribution in [0.5, 0.6) is 0 Å². The maximum atomic E-state index is 11.9. The molecule has 0 aromatic carbocycles. The van der Waals surface area contributed by atoms with Crippen LogP contribution in [0.1, 0.15) is 148 Å². The Morgan fingerprint density at radius 2 is 1.02 bits per heavy atom. The van der Waals surface area contributed by atoms with Gasteiger partial charge in [0.25, 0.3) is 0 Å². The van der Waals surface area contributed by atoms with E-state index in [4.69, 9.17) is 19.3 Å². The van der Waals surface area contributed by atoms with Crippen molar-refractivity contribution in [3.05, 3.63) is 0 Å². The van der Waals surface area contributed by atoms with Crippen LogP contribution in [0.15, 0.2) is 0 Å². The van der Waals surface area contributed by atoms with E-state index in [0.717, 1.165) is 122 Å². The van der Waals surface area contributed by atoms with Crippen LogP contribution in [0.25, 0.3) is 0 Å². The van der Waals surface area contributed by atoms with Crippen molar-refractivity contribution >= 4 is 11.9 Å². The molecule has 0 aromatic rings. The van der Waals surface area contributed by atoms with Gasteiger partial charge in [0.05, 0.1) is 38.6 Å². The van der Waals surface area contributed by atoms with Crippen molar-refractivity contribution in [2.75, 3.05) is 34.5 Å². The first-order valence-electron chi connectivity index (χ1n) is 16.5. The van der Waals surface area contributed by atoms with Crippen LogP contribution in [0.4, 0.5) is 0 Å². The second-order valence-corrected chi connectivity index (χ2v) is 11.4. The van der Waals surface area contributed by atoms with Gasteiger partial charge >= 0.3 is 11.9 Å². The SMILES string of the molecule is COC(=O)CCCCCCCC(OC)C(O)CCCCCCCCCOC(=O)CCCCCCCCC(CO)OC. The fraction of sp³-hybridized carbons (Fsp3) is 0.939. The summed E-state index contributed by atoms with van der Waals surface area (Å²) in [7, 11) is 4.75. The van der Waals surface area contributed by atoms with Gasteiger partial charge in [-0.05, 0) is 38.5 Å². The van der Waals surface area contributed by atoms with Crippen LogP contribution in [-0.2, 0) is 28.5 Å². The van der Waals surface area contributed by atoms with E-state index in [1.807, 2.05) is 0 Å². The summed E-state index contributed by atoms with van der Waals surface area (Å²) in [5.41, 5.74) is 0. The van der Waals surface area contributed by atoms with E-state index in [-0.39, 0.29) is 30.8 Å². The molecule has 0 radical (unpaired) electrons. The lowest BCUT2D eigenvalue weighted by Crippen LogP contribution is -2.27. The molecule has 0 fully saturated rings. The molecule has 0 aromatic heterocycles. The highest BCUT2D eigenvalue weighted by atomic mass is 16.5. The number of carbonyl (C=O) groups excluding carboxylic acids is 2. The molecule has 0 saturated heterocycles. The first kappa shape index (κ1) is 39.8. The summed E-state index contributed by atoms with van der Waals surface area (Å²) in [5, 5.41) is 19.6. The number of rotatable bonds is 31. The molecular weight excluding hydrogens is 524 g/mol. The van der Waals surface area contributed by atoms with Crippen molar-refractivity contribution in [3.8, 4) is 0 Å². The lowest BCUT2D eigenvalue weighted by molar-refractivity contribution is -0.144. The third-order valence-corrected chi connectivity index (χ3v) is 7.93. The fourth-order valence-electron chi connectivity index (χ4n) is 5.13. The van der Waals surface area contributed by atoms with Gasteiger partial charge in [0.15, 0.2) is 0 Å². The summed E-state index contributed by atoms with van der Waals surface area (Å²) in [6.45, 7) is 0.620. The Morgan fingerprint density at radius 1 is 0.561 bits per heavy atom. The number of esters is 2. The molecule has 41 heavy (non-hydrogen) atoms. The van der Waals surface area contributed by atoms with Crippen molar-refractivity contribution in [2.45, 2.75) is 166 Å². The summed E-state index contributed by atoms with van der Waals surface area (Å²) in [4.78, 5) is 23.0. The summed E-state index contributed by atoms with van der Waals surface area (Å²) in [6, 6.07) is 0. The average Bonchev–Trinajstić information content (AvgIpc) is 2.98. The van der Waals surface area contributed by atoms with Gasteiger partial charge in [-0.2, -0.15) is 0 Å². The molecule has 0 rings (SSSR count). The van der Waals surface area contributed by atoms with E-state index in [1.54, 1.807) is 14.2 Å². The summed E-state index contributed by atoms with van der Waals surface area (Å²) >= 11 is 0. The molecule has 0 aliphatic carbocycles. The molecule has 0 aliphatic rings. The number of ether oxygens (including phenoxy) is 4. The zero-order chi connectivity index (χ0) is 30.4. The van der Waals surface area contributed by atoms with Gasteiger partial charge in [0.1, 0.15) is 0 Å². The van der Waals surface area contributed by atoms with Crippen molar-refractivity contribution in [1.82, 2.24) is 0 Å². The molecule has 0 spiro atoms. The predicted octanol–water partition coefficient (Wildman–Crippen LogP) is 7.06. The maximum Gasteiger partial charge on any atom is 0.305 e. The van der Waals surface area contributed by atoms with E-state index in [9.17, 15) is 14.7 Å². The summed E-state index contributed by atoms with van der Waals surface area (Å²) in [6.07, 6.45) is 22.3. The van der Waals surface area contributed by atoms with Crippen molar-refractivity contribution < 1.29 is 38.7 Å². The van der Waals surface area contributed by atoms with Gasteiger partial charge < -0.3 is 29.2 Å². The summed E-state index contributed by atoms with van der Waals surface area (Å²) in [5.74, 6) is -0.206. The lowest BCUT2D eigenvalue weighted by Gasteiger charge is -2.21. The highest BCUT2D eigenvalue weighted by molar-refractivity contribution is 5.69. The third-order valence-electron chi connectivity index (χ3n) is 7.93. The molecular formula is C33H64O8. The number of hydrogen-bond acceptors (Lipinski definition) is 8. The van der Waals surface area contributed by atoms with E-state index in [2.05, 4.69) is 4.74 Å². The zero-order valence-electron chi connectivity index (χ0n) is 26.8. The van der Waals surface area contributed by atoms with Gasteiger partial charge in [-0.15, -0.1) is 0 Å². The van der Waals surface area contributed by atoms with Crippen LogP contribution < -0.4 is 0 Å². The van der Waals surface area contributed by atoms with E-state index < -0.39 is 6.10 Å². The van der Waals surface area contributed by atoms with Crippen molar-refractivity contribution in [1.29, 1.82) is 0 Å². The largest absolute Gasteiger partial charge is 0.469 e. The number of carbonyl (C=O) groups is 2. The number of aliphatic hydroxyl groups is 2.